The van der Waals surface area contributed by atoms with Gasteiger partial charge in [0.25, 0.3) is 5.91 Å². The molecule has 0 aliphatic heterocycles. The summed E-state index contributed by atoms with van der Waals surface area (Å²) >= 11 is 0. The highest BCUT2D eigenvalue weighted by molar-refractivity contribution is 7.89. The predicted octanol–water partition coefficient (Wildman–Crippen LogP) is 3.17. The standard InChI is InChI=1S/C19H21F3N2O3S/c1-3-28(26,27)24(2)10-4-9-23-19(25)14-7-5-13(6-8-14)15-11-16(20)18(22)17(21)12-15/h5-8,11-12H,3-4,9-10H2,1-2H3,(H,23,25). The lowest BCUT2D eigenvalue weighted by Crippen LogP contribution is -2.32. The van der Waals surface area contributed by atoms with Crippen molar-refractivity contribution in [3.63, 3.8) is 0 Å². The predicted molar refractivity (Wildman–Crippen MR) is 101 cm³/mol. The number of hydrogen-bond donors (Lipinski definition) is 1. The summed E-state index contributed by atoms with van der Waals surface area (Å²) in [5.41, 5.74) is 0.922. The lowest BCUT2D eigenvalue weighted by molar-refractivity contribution is 0.0953. The number of hydrogen-bond acceptors (Lipinski definition) is 3. The van der Waals surface area contributed by atoms with Crippen molar-refractivity contribution in [1.82, 2.24) is 9.62 Å². The Labute approximate surface area is 162 Å². The molecule has 0 bridgehead atoms. The second-order valence-electron chi connectivity index (χ2n) is 6.16. The van der Waals surface area contributed by atoms with Gasteiger partial charge >= 0.3 is 0 Å². The van der Waals surface area contributed by atoms with Crippen LogP contribution in [0.5, 0.6) is 0 Å². The first-order chi connectivity index (χ1) is 13.2. The minimum absolute atomic E-state index is 0.0179. The van der Waals surface area contributed by atoms with Gasteiger partial charge in [-0.1, -0.05) is 12.1 Å². The molecule has 0 radical (unpaired) electrons. The van der Waals surface area contributed by atoms with Crippen molar-refractivity contribution in [2.45, 2.75) is 13.3 Å². The van der Waals surface area contributed by atoms with Gasteiger partial charge in [0.2, 0.25) is 10.0 Å². The molecule has 0 aromatic heterocycles. The third kappa shape index (κ3) is 5.32. The van der Waals surface area contributed by atoms with Gasteiger partial charge in [0.05, 0.1) is 5.75 Å². The van der Waals surface area contributed by atoms with Crippen molar-refractivity contribution in [3.05, 3.63) is 59.4 Å². The summed E-state index contributed by atoms with van der Waals surface area (Å²) in [6.45, 7) is 2.14. The summed E-state index contributed by atoms with van der Waals surface area (Å²) in [5.74, 6) is -4.44. The Bertz CT molecular complexity index is 924. The van der Waals surface area contributed by atoms with Gasteiger partial charge in [-0.05, 0) is 48.7 Å². The molecular formula is C19H21F3N2O3S. The van der Waals surface area contributed by atoms with E-state index in [4.69, 9.17) is 0 Å². The monoisotopic (exact) mass is 414 g/mol. The molecule has 0 saturated carbocycles. The first-order valence-electron chi connectivity index (χ1n) is 8.63. The highest BCUT2D eigenvalue weighted by Gasteiger charge is 2.15. The quantitative estimate of drug-likeness (QED) is 0.533. The Balaban J connectivity index is 1.94. The van der Waals surface area contributed by atoms with Gasteiger partial charge in [0, 0.05) is 25.7 Å². The molecule has 5 nitrogen and oxygen atoms in total. The van der Waals surface area contributed by atoms with Gasteiger partial charge in [-0.25, -0.2) is 25.9 Å². The van der Waals surface area contributed by atoms with Crippen LogP contribution in [-0.4, -0.2) is 44.5 Å². The largest absolute Gasteiger partial charge is 0.352 e. The van der Waals surface area contributed by atoms with E-state index < -0.39 is 27.5 Å². The third-order valence-corrected chi connectivity index (χ3v) is 6.10. The molecule has 0 aliphatic carbocycles. The van der Waals surface area contributed by atoms with Crippen LogP contribution in [-0.2, 0) is 10.0 Å². The normalized spacial score (nSPS) is 11.6. The van der Waals surface area contributed by atoms with Crippen molar-refractivity contribution in [3.8, 4) is 11.1 Å². The van der Waals surface area contributed by atoms with Gasteiger partial charge in [0.15, 0.2) is 17.5 Å². The number of carbonyl (C=O) groups excluding carboxylic acids is 1. The Kier molecular flexibility index (Phi) is 7.20. The van der Waals surface area contributed by atoms with Crippen LogP contribution in [0.25, 0.3) is 11.1 Å². The average molecular weight is 414 g/mol. The zero-order valence-electron chi connectivity index (χ0n) is 15.5. The Hall–Kier alpha value is -2.39. The molecule has 0 heterocycles. The summed E-state index contributed by atoms with van der Waals surface area (Å²) in [5, 5.41) is 2.68. The molecule has 0 saturated heterocycles. The summed E-state index contributed by atoms with van der Waals surface area (Å²) in [6.07, 6.45) is 0.452. The maximum absolute atomic E-state index is 13.3. The Morgan fingerprint density at radius 3 is 2.14 bits per heavy atom. The molecule has 1 N–H and O–H groups in total. The number of amides is 1. The molecule has 28 heavy (non-hydrogen) atoms. The van der Waals surface area contributed by atoms with Crippen molar-refractivity contribution in [1.29, 1.82) is 0 Å². The van der Waals surface area contributed by atoms with Crippen molar-refractivity contribution in [2.75, 3.05) is 25.9 Å². The summed E-state index contributed by atoms with van der Waals surface area (Å²) < 4.78 is 64.2. The zero-order chi connectivity index (χ0) is 20.9. The molecule has 152 valence electrons. The molecule has 2 rings (SSSR count). The van der Waals surface area contributed by atoms with Crippen LogP contribution in [0.3, 0.4) is 0 Å². The van der Waals surface area contributed by atoms with Crippen LogP contribution in [0.15, 0.2) is 36.4 Å². The van der Waals surface area contributed by atoms with Gasteiger partial charge in [-0.3, -0.25) is 4.79 Å². The molecule has 1 amide bonds. The van der Waals surface area contributed by atoms with E-state index in [1.165, 1.54) is 35.6 Å². The highest BCUT2D eigenvalue weighted by Crippen LogP contribution is 2.24. The molecule has 0 aliphatic rings. The first kappa shape index (κ1) is 21.9. The Morgan fingerprint density at radius 1 is 1.04 bits per heavy atom. The minimum atomic E-state index is -3.25. The van der Waals surface area contributed by atoms with Crippen LogP contribution in [0.1, 0.15) is 23.7 Å². The van der Waals surface area contributed by atoms with Crippen LogP contribution < -0.4 is 5.32 Å². The molecule has 0 fully saturated rings. The van der Waals surface area contributed by atoms with Gasteiger partial charge in [-0.15, -0.1) is 0 Å². The van der Waals surface area contributed by atoms with E-state index >= 15 is 0 Å². The van der Waals surface area contributed by atoms with Crippen molar-refractivity contribution >= 4 is 15.9 Å². The van der Waals surface area contributed by atoms with E-state index in [9.17, 15) is 26.4 Å². The molecule has 2 aromatic carbocycles. The van der Waals surface area contributed by atoms with E-state index in [-0.39, 0.29) is 23.8 Å². The van der Waals surface area contributed by atoms with E-state index in [1.54, 1.807) is 6.92 Å². The number of rotatable bonds is 8. The number of carbonyl (C=O) groups is 1. The molecule has 0 spiro atoms. The zero-order valence-corrected chi connectivity index (χ0v) is 16.3. The SMILES string of the molecule is CCS(=O)(=O)N(C)CCCNC(=O)c1ccc(-c2cc(F)c(F)c(F)c2)cc1. The van der Waals surface area contributed by atoms with Crippen LogP contribution >= 0.6 is 0 Å². The van der Waals surface area contributed by atoms with Gasteiger partial charge in [-0.2, -0.15) is 0 Å². The maximum Gasteiger partial charge on any atom is 0.251 e. The van der Waals surface area contributed by atoms with Crippen molar-refractivity contribution < 1.29 is 26.4 Å². The number of sulfonamides is 1. The molecular weight excluding hydrogens is 393 g/mol. The average Bonchev–Trinajstić information content (AvgIpc) is 2.68. The van der Waals surface area contributed by atoms with Gasteiger partial charge in [0.1, 0.15) is 0 Å². The number of nitrogens with zero attached hydrogens (tertiary/aromatic N) is 1. The van der Waals surface area contributed by atoms with Gasteiger partial charge < -0.3 is 5.32 Å². The summed E-state index contributed by atoms with van der Waals surface area (Å²) in [6, 6.07) is 7.74. The number of benzene rings is 2. The van der Waals surface area contributed by atoms with E-state index in [2.05, 4.69) is 5.32 Å². The minimum Gasteiger partial charge on any atom is -0.352 e. The fourth-order valence-electron chi connectivity index (χ4n) is 2.50. The van der Waals surface area contributed by atoms with Crippen LogP contribution in [0.2, 0.25) is 0 Å². The third-order valence-electron chi connectivity index (χ3n) is 4.24. The fraction of sp³-hybridized carbons (Fsp3) is 0.316. The van der Waals surface area contributed by atoms with E-state index in [0.717, 1.165) is 12.1 Å². The summed E-state index contributed by atoms with van der Waals surface area (Å²) in [4.78, 5) is 12.1. The molecule has 9 heteroatoms. The molecule has 0 unspecified atom stereocenters. The number of nitrogens with one attached hydrogen (secondary N) is 1. The smallest absolute Gasteiger partial charge is 0.251 e. The topological polar surface area (TPSA) is 66.5 Å². The molecule has 2 aromatic rings. The fourth-order valence-corrected chi connectivity index (χ4v) is 3.35. The van der Waals surface area contributed by atoms with Crippen LogP contribution in [0, 0.1) is 17.5 Å². The number of halogens is 3. The Morgan fingerprint density at radius 2 is 1.61 bits per heavy atom. The van der Waals surface area contributed by atoms with Crippen LogP contribution in [0.4, 0.5) is 13.2 Å². The second-order valence-corrected chi connectivity index (χ2v) is 8.53. The van der Waals surface area contributed by atoms with E-state index in [0.29, 0.717) is 24.1 Å². The highest BCUT2D eigenvalue weighted by atomic mass is 32.2. The maximum atomic E-state index is 13.3. The van der Waals surface area contributed by atoms with E-state index in [1.807, 2.05) is 0 Å². The lowest BCUT2D eigenvalue weighted by Gasteiger charge is -2.15. The van der Waals surface area contributed by atoms with Crippen molar-refractivity contribution in [2.24, 2.45) is 0 Å². The first-order valence-corrected chi connectivity index (χ1v) is 10.2. The summed E-state index contributed by atoms with van der Waals surface area (Å²) in [7, 11) is -1.76. The second kappa shape index (κ2) is 9.20. The molecule has 0 atom stereocenters. The lowest BCUT2D eigenvalue weighted by atomic mass is 10.0.